The molecule has 1 fully saturated rings. The molecule has 0 saturated carbocycles. The highest BCUT2D eigenvalue weighted by Gasteiger charge is 2.26. The van der Waals surface area contributed by atoms with Crippen LogP contribution in [0.25, 0.3) is 0 Å². The number of hydrogen-bond acceptors (Lipinski definition) is 4. The van der Waals surface area contributed by atoms with Crippen LogP contribution in [0.15, 0.2) is 54.6 Å². The molecule has 178 valence electrons. The minimum Gasteiger partial charge on any atom is -0.369 e. The molecule has 3 rings (SSSR count). The van der Waals surface area contributed by atoms with E-state index >= 15 is 0 Å². The van der Waals surface area contributed by atoms with Gasteiger partial charge in [-0.05, 0) is 56.0 Å². The average molecular weight is 451 g/mol. The molecule has 2 N–H and O–H groups in total. The Balaban J connectivity index is 1.43. The molecule has 2 aromatic rings. The maximum atomic E-state index is 12.9. The second-order valence-electron chi connectivity index (χ2n) is 9.43. The van der Waals surface area contributed by atoms with Gasteiger partial charge in [0.15, 0.2) is 0 Å². The van der Waals surface area contributed by atoms with Crippen molar-refractivity contribution in [3.05, 3.63) is 65.7 Å². The van der Waals surface area contributed by atoms with Crippen molar-refractivity contribution in [1.82, 2.24) is 15.5 Å². The molecule has 0 radical (unpaired) electrons. The van der Waals surface area contributed by atoms with Crippen molar-refractivity contribution >= 4 is 17.5 Å². The Morgan fingerprint density at radius 1 is 0.909 bits per heavy atom. The first-order valence-corrected chi connectivity index (χ1v) is 12.0. The maximum Gasteiger partial charge on any atom is 0.251 e. The Labute approximate surface area is 198 Å². The SMILES string of the molecule is Cc1cccc(N2CCN(CCC(C)NC(=O)C(NC(=O)c3ccccc3)C(C)C)CC2)c1. The van der Waals surface area contributed by atoms with Crippen molar-refractivity contribution in [3.63, 3.8) is 0 Å². The highest BCUT2D eigenvalue weighted by atomic mass is 16.2. The van der Waals surface area contributed by atoms with Crippen LogP contribution in [-0.4, -0.2) is 61.5 Å². The summed E-state index contributed by atoms with van der Waals surface area (Å²) in [7, 11) is 0. The van der Waals surface area contributed by atoms with Crippen LogP contribution in [0, 0.1) is 12.8 Å². The first kappa shape index (κ1) is 24.8. The summed E-state index contributed by atoms with van der Waals surface area (Å²) < 4.78 is 0. The van der Waals surface area contributed by atoms with Crippen molar-refractivity contribution in [3.8, 4) is 0 Å². The fourth-order valence-electron chi connectivity index (χ4n) is 4.18. The van der Waals surface area contributed by atoms with Gasteiger partial charge in [0, 0.05) is 50.0 Å². The number of rotatable bonds is 9. The topological polar surface area (TPSA) is 64.7 Å². The van der Waals surface area contributed by atoms with Gasteiger partial charge in [-0.25, -0.2) is 0 Å². The number of benzene rings is 2. The second-order valence-corrected chi connectivity index (χ2v) is 9.43. The number of hydrogen-bond donors (Lipinski definition) is 2. The number of anilines is 1. The Morgan fingerprint density at radius 2 is 1.61 bits per heavy atom. The quantitative estimate of drug-likeness (QED) is 0.614. The zero-order chi connectivity index (χ0) is 23.8. The summed E-state index contributed by atoms with van der Waals surface area (Å²) in [6.07, 6.45) is 0.883. The fourth-order valence-corrected chi connectivity index (χ4v) is 4.18. The zero-order valence-corrected chi connectivity index (χ0v) is 20.4. The first-order valence-electron chi connectivity index (χ1n) is 12.0. The zero-order valence-electron chi connectivity index (χ0n) is 20.4. The van der Waals surface area contributed by atoms with Gasteiger partial charge < -0.3 is 15.5 Å². The molecule has 0 aromatic heterocycles. The lowest BCUT2D eigenvalue weighted by Crippen LogP contribution is -2.52. The van der Waals surface area contributed by atoms with Crippen LogP contribution in [0.4, 0.5) is 5.69 Å². The van der Waals surface area contributed by atoms with E-state index in [0.29, 0.717) is 5.56 Å². The summed E-state index contributed by atoms with van der Waals surface area (Å²) in [6.45, 7) is 13.1. The minimum atomic E-state index is -0.557. The lowest BCUT2D eigenvalue weighted by atomic mass is 10.0. The number of carbonyl (C=O) groups excluding carboxylic acids is 2. The molecule has 0 bridgehead atoms. The third-order valence-corrected chi connectivity index (χ3v) is 6.28. The maximum absolute atomic E-state index is 12.9. The molecule has 6 nitrogen and oxygen atoms in total. The van der Waals surface area contributed by atoms with Gasteiger partial charge >= 0.3 is 0 Å². The Bertz CT molecular complexity index is 907. The fraction of sp³-hybridized carbons (Fsp3) is 0.481. The van der Waals surface area contributed by atoms with Crippen molar-refractivity contribution < 1.29 is 9.59 Å². The molecule has 1 heterocycles. The van der Waals surface area contributed by atoms with Crippen LogP contribution in [0.2, 0.25) is 0 Å². The monoisotopic (exact) mass is 450 g/mol. The van der Waals surface area contributed by atoms with Crippen molar-refractivity contribution in [2.45, 2.75) is 46.2 Å². The van der Waals surface area contributed by atoms with Gasteiger partial charge in [0.05, 0.1) is 0 Å². The molecule has 0 spiro atoms. The summed E-state index contributed by atoms with van der Waals surface area (Å²) in [5, 5.41) is 6.01. The number of piperazine rings is 1. The van der Waals surface area contributed by atoms with Gasteiger partial charge in [-0.1, -0.05) is 44.2 Å². The van der Waals surface area contributed by atoms with E-state index in [1.54, 1.807) is 12.1 Å². The second kappa shape index (κ2) is 11.8. The predicted octanol–water partition coefficient (Wildman–Crippen LogP) is 3.47. The molecule has 1 aliphatic heterocycles. The van der Waals surface area contributed by atoms with Gasteiger partial charge in [0.2, 0.25) is 5.91 Å². The Kier molecular flexibility index (Phi) is 8.89. The lowest BCUT2D eigenvalue weighted by Gasteiger charge is -2.36. The molecule has 2 unspecified atom stereocenters. The lowest BCUT2D eigenvalue weighted by molar-refractivity contribution is -0.124. The Hall–Kier alpha value is -2.86. The molecule has 6 heteroatoms. The van der Waals surface area contributed by atoms with Crippen molar-refractivity contribution in [1.29, 1.82) is 0 Å². The van der Waals surface area contributed by atoms with Gasteiger partial charge in [-0.3, -0.25) is 14.5 Å². The average Bonchev–Trinajstić information content (AvgIpc) is 2.81. The number of amides is 2. The molecule has 2 aromatic carbocycles. The van der Waals surface area contributed by atoms with Gasteiger partial charge in [0.25, 0.3) is 5.91 Å². The molecule has 33 heavy (non-hydrogen) atoms. The summed E-state index contributed by atoms with van der Waals surface area (Å²) in [6, 6.07) is 17.2. The van der Waals surface area contributed by atoms with Crippen LogP contribution < -0.4 is 15.5 Å². The predicted molar refractivity (Wildman–Crippen MR) is 135 cm³/mol. The van der Waals surface area contributed by atoms with E-state index < -0.39 is 6.04 Å². The summed E-state index contributed by atoms with van der Waals surface area (Å²) in [5.41, 5.74) is 3.15. The molecular weight excluding hydrogens is 412 g/mol. The summed E-state index contributed by atoms with van der Waals surface area (Å²) in [5.74, 6) is -0.339. The molecule has 0 aliphatic carbocycles. The van der Waals surface area contributed by atoms with E-state index in [1.807, 2.05) is 39.0 Å². The highest BCUT2D eigenvalue weighted by Crippen LogP contribution is 2.18. The number of carbonyl (C=O) groups is 2. The van der Waals surface area contributed by atoms with Crippen LogP contribution in [0.5, 0.6) is 0 Å². The standard InChI is InChI=1S/C27H38N4O2/c1-20(2)25(29-26(32)23-10-6-5-7-11-23)27(33)28-22(4)13-14-30-15-17-31(18-16-30)24-12-8-9-21(3)19-24/h5-12,19-20,22,25H,13-18H2,1-4H3,(H,28,33)(H,29,32). The largest absolute Gasteiger partial charge is 0.369 e. The molecule has 1 aliphatic rings. The molecular formula is C27H38N4O2. The van der Waals surface area contributed by atoms with Crippen LogP contribution in [0.1, 0.15) is 43.1 Å². The number of nitrogens with zero attached hydrogens (tertiary/aromatic N) is 2. The van der Waals surface area contributed by atoms with Gasteiger partial charge in [-0.15, -0.1) is 0 Å². The third kappa shape index (κ3) is 7.32. The molecule has 2 amide bonds. The summed E-state index contributed by atoms with van der Waals surface area (Å²) in [4.78, 5) is 30.3. The normalized spacial score (nSPS) is 16.3. The van der Waals surface area contributed by atoms with Gasteiger partial charge in [-0.2, -0.15) is 0 Å². The number of nitrogens with one attached hydrogen (secondary N) is 2. The van der Waals surface area contributed by atoms with E-state index in [9.17, 15) is 9.59 Å². The van der Waals surface area contributed by atoms with Crippen LogP contribution >= 0.6 is 0 Å². The Morgan fingerprint density at radius 3 is 2.24 bits per heavy atom. The minimum absolute atomic E-state index is 0.000405. The highest BCUT2D eigenvalue weighted by molar-refractivity contribution is 5.97. The van der Waals surface area contributed by atoms with Crippen molar-refractivity contribution in [2.75, 3.05) is 37.6 Å². The van der Waals surface area contributed by atoms with Gasteiger partial charge in [0.1, 0.15) is 6.04 Å². The van der Waals surface area contributed by atoms with E-state index in [0.717, 1.165) is 39.1 Å². The van der Waals surface area contributed by atoms with E-state index in [2.05, 4.69) is 51.6 Å². The molecule has 2 atom stereocenters. The number of aryl methyl sites for hydroxylation is 1. The van der Waals surface area contributed by atoms with Crippen LogP contribution in [-0.2, 0) is 4.79 Å². The third-order valence-electron chi connectivity index (χ3n) is 6.28. The van der Waals surface area contributed by atoms with Crippen LogP contribution in [0.3, 0.4) is 0 Å². The van der Waals surface area contributed by atoms with Crippen molar-refractivity contribution in [2.24, 2.45) is 5.92 Å². The smallest absolute Gasteiger partial charge is 0.251 e. The van der Waals surface area contributed by atoms with E-state index in [-0.39, 0.29) is 23.8 Å². The first-order chi connectivity index (χ1) is 15.8. The van der Waals surface area contributed by atoms with E-state index in [1.165, 1.54) is 11.3 Å². The molecule has 1 saturated heterocycles. The summed E-state index contributed by atoms with van der Waals surface area (Å²) >= 11 is 0. The van der Waals surface area contributed by atoms with E-state index in [4.69, 9.17) is 0 Å².